The Kier molecular flexibility index (Phi) is 7.43. The minimum absolute atomic E-state index is 0.165. The van der Waals surface area contributed by atoms with E-state index in [-0.39, 0.29) is 18.3 Å². The molecule has 1 aliphatic rings. The van der Waals surface area contributed by atoms with Gasteiger partial charge in [0.1, 0.15) is 11.4 Å². The summed E-state index contributed by atoms with van der Waals surface area (Å²) in [6.45, 7) is 9.23. The number of likely N-dealkylation sites (tertiary alicyclic amines) is 1. The summed E-state index contributed by atoms with van der Waals surface area (Å²) < 4.78 is 15.9. The predicted molar refractivity (Wildman–Crippen MR) is 103 cm³/mol. The molecule has 1 aromatic rings. The molecule has 1 fully saturated rings. The lowest BCUT2D eigenvalue weighted by molar-refractivity contribution is -0.137. The van der Waals surface area contributed by atoms with Crippen LogP contribution in [0.4, 0.5) is 4.79 Å². The van der Waals surface area contributed by atoms with Crippen molar-refractivity contribution in [2.24, 2.45) is 5.92 Å². The van der Waals surface area contributed by atoms with Crippen LogP contribution in [0.25, 0.3) is 0 Å². The number of hydrogen-bond acceptors (Lipinski definition) is 6. The lowest BCUT2D eigenvalue weighted by Gasteiger charge is -2.33. The maximum absolute atomic E-state index is 12.1. The van der Waals surface area contributed by atoms with Gasteiger partial charge in [0.25, 0.3) is 5.78 Å². The van der Waals surface area contributed by atoms with E-state index in [0.717, 1.165) is 12.8 Å². The molecular formula is C21H29NO6. The number of ether oxygens (including phenoxy) is 3. The minimum atomic E-state index is -0.854. The molecule has 0 aromatic heterocycles. The Balaban J connectivity index is 1.77. The normalized spacial score (nSPS) is 15.1. The summed E-state index contributed by atoms with van der Waals surface area (Å²) in [7, 11) is 0. The number of amides is 1. The molecule has 0 aliphatic carbocycles. The zero-order valence-electron chi connectivity index (χ0n) is 17.0. The molecule has 1 aliphatic heterocycles. The molecule has 2 rings (SSSR count). The number of Topliss-reactive ketones (excluding diaryl/α,β-unsaturated/α-hetero) is 1. The summed E-state index contributed by atoms with van der Waals surface area (Å²) >= 11 is 0. The molecule has 0 bridgehead atoms. The van der Waals surface area contributed by atoms with Crippen molar-refractivity contribution in [1.82, 2.24) is 4.90 Å². The van der Waals surface area contributed by atoms with Gasteiger partial charge in [0.15, 0.2) is 0 Å². The predicted octanol–water partition coefficient (Wildman–Crippen LogP) is 3.46. The van der Waals surface area contributed by atoms with Gasteiger partial charge in [0.05, 0.1) is 13.2 Å². The standard InChI is InChI=1S/C21H29NO6/c1-5-26-19(24)18(23)16-6-8-17(9-7-16)27-14-15-10-12-22(13-11-15)20(25)28-21(2,3)4/h6-9,15H,5,10-14H2,1-4H3. The third kappa shape index (κ3) is 6.55. The van der Waals surface area contributed by atoms with Crippen LogP contribution in [0.3, 0.4) is 0 Å². The number of esters is 1. The quantitative estimate of drug-likeness (QED) is 0.420. The Labute approximate surface area is 165 Å². The summed E-state index contributed by atoms with van der Waals surface area (Å²) in [6, 6.07) is 6.45. The second-order valence-corrected chi connectivity index (χ2v) is 7.80. The van der Waals surface area contributed by atoms with Gasteiger partial charge in [-0.25, -0.2) is 9.59 Å². The fourth-order valence-corrected chi connectivity index (χ4v) is 2.84. The zero-order chi connectivity index (χ0) is 20.7. The van der Waals surface area contributed by atoms with Gasteiger partial charge in [0.2, 0.25) is 0 Å². The van der Waals surface area contributed by atoms with E-state index < -0.39 is 17.4 Å². The highest BCUT2D eigenvalue weighted by atomic mass is 16.6. The van der Waals surface area contributed by atoms with E-state index in [2.05, 4.69) is 0 Å². The highest BCUT2D eigenvalue weighted by molar-refractivity contribution is 6.40. The molecule has 0 radical (unpaired) electrons. The number of ketones is 1. The second kappa shape index (κ2) is 9.57. The summed E-state index contributed by atoms with van der Waals surface area (Å²) in [4.78, 5) is 37.2. The van der Waals surface area contributed by atoms with Gasteiger partial charge in [-0.1, -0.05) is 0 Å². The highest BCUT2D eigenvalue weighted by Crippen LogP contribution is 2.21. The van der Waals surface area contributed by atoms with Gasteiger partial charge in [-0.05, 0) is 70.7 Å². The Morgan fingerprint density at radius 3 is 2.21 bits per heavy atom. The van der Waals surface area contributed by atoms with Gasteiger partial charge in [-0.15, -0.1) is 0 Å². The van der Waals surface area contributed by atoms with Gasteiger partial charge >= 0.3 is 12.1 Å². The van der Waals surface area contributed by atoms with E-state index in [9.17, 15) is 14.4 Å². The molecule has 0 unspecified atom stereocenters. The highest BCUT2D eigenvalue weighted by Gasteiger charge is 2.27. The van der Waals surface area contributed by atoms with Gasteiger partial charge < -0.3 is 19.1 Å². The Hall–Kier alpha value is -2.57. The number of nitrogens with zero attached hydrogens (tertiary/aromatic N) is 1. The van der Waals surface area contributed by atoms with Crippen molar-refractivity contribution < 1.29 is 28.6 Å². The van der Waals surface area contributed by atoms with Crippen LogP contribution in [0.5, 0.6) is 5.75 Å². The van der Waals surface area contributed by atoms with Crippen LogP contribution >= 0.6 is 0 Å². The largest absolute Gasteiger partial charge is 0.493 e. The van der Waals surface area contributed by atoms with Gasteiger partial charge in [0, 0.05) is 18.7 Å². The first-order valence-electron chi connectivity index (χ1n) is 9.62. The average Bonchev–Trinajstić information content (AvgIpc) is 2.65. The lowest BCUT2D eigenvalue weighted by atomic mass is 9.98. The molecule has 28 heavy (non-hydrogen) atoms. The molecule has 1 amide bonds. The number of carbonyl (C=O) groups is 3. The molecule has 154 valence electrons. The smallest absolute Gasteiger partial charge is 0.410 e. The van der Waals surface area contributed by atoms with Crippen LogP contribution in [0, 0.1) is 5.92 Å². The van der Waals surface area contributed by atoms with Crippen molar-refractivity contribution >= 4 is 17.8 Å². The summed E-state index contributed by atoms with van der Waals surface area (Å²) in [5.74, 6) is -0.537. The van der Waals surface area contributed by atoms with E-state index in [4.69, 9.17) is 14.2 Å². The number of rotatable bonds is 6. The second-order valence-electron chi connectivity index (χ2n) is 7.80. The molecule has 0 spiro atoms. The Morgan fingerprint density at radius 2 is 1.68 bits per heavy atom. The van der Waals surface area contributed by atoms with Crippen molar-refractivity contribution in [2.45, 2.75) is 46.1 Å². The van der Waals surface area contributed by atoms with Crippen molar-refractivity contribution in [1.29, 1.82) is 0 Å². The van der Waals surface area contributed by atoms with Crippen LogP contribution < -0.4 is 4.74 Å². The van der Waals surface area contributed by atoms with Crippen molar-refractivity contribution in [3.05, 3.63) is 29.8 Å². The monoisotopic (exact) mass is 391 g/mol. The zero-order valence-corrected chi connectivity index (χ0v) is 17.0. The van der Waals surface area contributed by atoms with E-state index in [0.29, 0.717) is 31.4 Å². The van der Waals surface area contributed by atoms with Crippen LogP contribution in [-0.4, -0.2) is 54.7 Å². The lowest BCUT2D eigenvalue weighted by Crippen LogP contribution is -2.42. The third-order valence-corrected chi connectivity index (χ3v) is 4.33. The van der Waals surface area contributed by atoms with Crippen LogP contribution in [0.15, 0.2) is 24.3 Å². The molecule has 1 heterocycles. The van der Waals surface area contributed by atoms with E-state index >= 15 is 0 Å². The molecule has 7 heteroatoms. The molecule has 1 aromatic carbocycles. The Morgan fingerprint density at radius 1 is 1.07 bits per heavy atom. The third-order valence-electron chi connectivity index (χ3n) is 4.33. The van der Waals surface area contributed by atoms with E-state index in [1.807, 2.05) is 20.8 Å². The number of benzene rings is 1. The SMILES string of the molecule is CCOC(=O)C(=O)c1ccc(OCC2CCN(C(=O)OC(C)(C)C)CC2)cc1. The summed E-state index contributed by atoms with van der Waals surface area (Å²) in [5, 5.41) is 0. The first-order chi connectivity index (χ1) is 13.2. The fourth-order valence-electron chi connectivity index (χ4n) is 2.84. The van der Waals surface area contributed by atoms with Crippen LogP contribution in [0.2, 0.25) is 0 Å². The van der Waals surface area contributed by atoms with Crippen LogP contribution in [0.1, 0.15) is 50.9 Å². The van der Waals surface area contributed by atoms with Crippen molar-refractivity contribution in [2.75, 3.05) is 26.3 Å². The fraction of sp³-hybridized carbons (Fsp3) is 0.571. The van der Waals surface area contributed by atoms with E-state index in [1.54, 1.807) is 36.1 Å². The van der Waals surface area contributed by atoms with Gasteiger partial charge in [-0.3, -0.25) is 4.79 Å². The maximum Gasteiger partial charge on any atom is 0.410 e. The summed E-state index contributed by atoms with van der Waals surface area (Å²) in [6.07, 6.45) is 1.42. The molecule has 0 N–H and O–H groups in total. The average molecular weight is 391 g/mol. The van der Waals surface area contributed by atoms with Crippen molar-refractivity contribution in [3.8, 4) is 5.75 Å². The van der Waals surface area contributed by atoms with Gasteiger partial charge in [-0.2, -0.15) is 0 Å². The molecule has 1 saturated heterocycles. The Bertz CT molecular complexity index is 684. The topological polar surface area (TPSA) is 82.1 Å². The number of piperidine rings is 1. The first kappa shape index (κ1) is 21.7. The minimum Gasteiger partial charge on any atom is -0.493 e. The molecule has 0 atom stereocenters. The van der Waals surface area contributed by atoms with Crippen molar-refractivity contribution in [3.63, 3.8) is 0 Å². The molecule has 0 saturated carbocycles. The summed E-state index contributed by atoms with van der Waals surface area (Å²) in [5.41, 5.74) is -0.214. The maximum atomic E-state index is 12.1. The van der Waals surface area contributed by atoms with E-state index in [1.165, 1.54) is 0 Å². The molecule has 7 nitrogen and oxygen atoms in total. The number of carbonyl (C=O) groups excluding carboxylic acids is 3. The van der Waals surface area contributed by atoms with Crippen LogP contribution in [-0.2, 0) is 14.3 Å². The number of hydrogen-bond donors (Lipinski definition) is 0. The first-order valence-corrected chi connectivity index (χ1v) is 9.62. The molecular weight excluding hydrogens is 362 g/mol.